The Bertz CT molecular complexity index is 633. The Morgan fingerprint density at radius 3 is 2.79 bits per heavy atom. The summed E-state index contributed by atoms with van der Waals surface area (Å²) in [7, 11) is 0. The summed E-state index contributed by atoms with van der Waals surface area (Å²) in [6.45, 7) is 2.96. The number of allylic oxidation sites excluding steroid dienone is 2. The van der Waals surface area contributed by atoms with Crippen molar-refractivity contribution >= 4 is 11.7 Å². The van der Waals surface area contributed by atoms with Gasteiger partial charge in [-0.3, -0.25) is 4.90 Å². The first-order valence-electron chi connectivity index (χ1n) is 8.60. The molecule has 1 aromatic rings. The van der Waals surface area contributed by atoms with E-state index in [9.17, 15) is 9.18 Å². The molecule has 128 valence electrons. The number of carbonyl (C=O) groups is 1. The third-order valence-corrected chi connectivity index (χ3v) is 4.48. The molecule has 0 spiro atoms. The lowest BCUT2D eigenvalue weighted by Crippen LogP contribution is -2.46. The number of likely N-dealkylation sites (tertiary alicyclic amines) is 1. The van der Waals surface area contributed by atoms with Gasteiger partial charge in [0.2, 0.25) is 0 Å². The van der Waals surface area contributed by atoms with Crippen molar-refractivity contribution in [2.75, 3.05) is 25.0 Å². The lowest BCUT2D eigenvalue weighted by molar-refractivity contribution is 0.207. The Hall–Kier alpha value is -2.14. The van der Waals surface area contributed by atoms with Gasteiger partial charge in [0.1, 0.15) is 5.82 Å². The predicted molar refractivity (Wildman–Crippen MR) is 94.5 cm³/mol. The second-order valence-corrected chi connectivity index (χ2v) is 6.42. The van der Waals surface area contributed by atoms with Crippen LogP contribution in [0, 0.1) is 5.82 Å². The van der Waals surface area contributed by atoms with E-state index in [1.165, 1.54) is 17.7 Å². The third-order valence-electron chi connectivity index (χ3n) is 4.48. The van der Waals surface area contributed by atoms with Gasteiger partial charge in [-0.25, -0.2) is 9.18 Å². The number of piperidine rings is 1. The van der Waals surface area contributed by atoms with Crippen LogP contribution in [0.4, 0.5) is 14.9 Å². The summed E-state index contributed by atoms with van der Waals surface area (Å²) < 4.78 is 13.1. The van der Waals surface area contributed by atoms with Crippen LogP contribution in [0.2, 0.25) is 0 Å². The van der Waals surface area contributed by atoms with Crippen LogP contribution in [0.5, 0.6) is 0 Å². The summed E-state index contributed by atoms with van der Waals surface area (Å²) >= 11 is 0. The number of rotatable bonds is 4. The Labute approximate surface area is 142 Å². The van der Waals surface area contributed by atoms with E-state index in [4.69, 9.17) is 0 Å². The average Bonchev–Trinajstić information content (AvgIpc) is 2.57. The standard InChI is InChI=1S/C19H24FN3O/c20-16-7-4-8-18(13-16)22-19(24)21-17-9-11-23(12-10-17)14-15-5-2-1-3-6-15/h2,4-8,13,17H,1,3,9-12,14H2,(H2,21,22,24). The van der Waals surface area contributed by atoms with Crippen LogP contribution >= 0.6 is 0 Å². The number of halogens is 1. The van der Waals surface area contributed by atoms with Gasteiger partial charge < -0.3 is 10.6 Å². The molecule has 3 rings (SSSR count). The quantitative estimate of drug-likeness (QED) is 0.885. The number of hydrogen-bond acceptors (Lipinski definition) is 2. The van der Waals surface area contributed by atoms with Gasteiger partial charge in [0.05, 0.1) is 0 Å². The number of nitrogens with one attached hydrogen (secondary N) is 2. The molecular formula is C19H24FN3O. The van der Waals surface area contributed by atoms with Crippen molar-refractivity contribution in [1.82, 2.24) is 10.2 Å². The molecule has 0 unspecified atom stereocenters. The van der Waals surface area contributed by atoms with Crippen molar-refractivity contribution in [1.29, 1.82) is 0 Å². The summed E-state index contributed by atoms with van der Waals surface area (Å²) in [5.41, 5.74) is 1.87. The first-order valence-corrected chi connectivity index (χ1v) is 8.60. The third kappa shape index (κ3) is 4.93. The van der Waals surface area contributed by atoms with Crippen molar-refractivity contribution in [3.05, 3.63) is 53.9 Å². The zero-order valence-corrected chi connectivity index (χ0v) is 13.8. The highest BCUT2D eigenvalue weighted by Crippen LogP contribution is 2.16. The minimum Gasteiger partial charge on any atom is -0.335 e. The number of hydrogen-bond donors (Lipinski definition) is 2. The Kier molecular flexibility index (Phi) is 5.64. The van der Waals surface area contributed by atoms with Crippen molar-refractivity contribution in [3.8, 4) is 0 Å². The fraction of sp³-hybridized carbons (Fsp3) is 0.421. The highest BCUT2D eigenvalue weighted by atomic mass is 19.1. The molecule has 1 aromatic carbocycles. The fourth-order valence-electron chi connectivity index (χ4n) is 3.20. The molecule has 0 saturated carbocycles. The minimum absolute atomic E-state index is 0.172. The van der Waals surface area contributed by atoms with E-state index in [1.54, 1.807) is 12.1 Å². The second kappa shape index (κ2) is 8.11. The van der Waals surface area contributed by atoms with E-state index in [1.807, 2.05) is 0 Å². The Morgan fingerprint density at radius 1 is 1.25 bits per heavy atom. The van der Waals surface area contributed by atoms with E-state index >= 15 is 0 Å². The number of nitrogens with zero attached hydrogens (tertiary/aromatic N) is 1. The van der Waals surface area contributed by atoms with Crippen LogP contribution < -0.4 is 10.6 Å². The van der Waals surface area contributed by atoms with E-state index in [0.29, 0.717) is 5.69 Å². The maximum atomic E-state index is 13.1. The van der Waals surface area contributed by atoms with E-state index < -0.39 is 0 Å². The Morgan fingerprint density at radius 2 is 2.08 bits per heavy atom. The van der Waals surface area contributed by atoms with E-state index in [2.05, 4.69) is 33.8 Å². The molecule has 24 heavy (non-hydrogen) atoms. The molecule has 0 aromatic heterocycles. The summed E-state index contributed by atoms with van der Waals surface area (Å²) in [5, 5.41) is 5.67. The number of benzene rings is 1. The lowest BCUT2D eigenvalue weighted by atomic mass is 10.0. The summed E-state index contributed by atoms with van der Waals surface area (Å²) in [6.07, 6.45) is 10.9. The molecule has 0 bridgehead atoms. The molecule has 2 aliphatic rings. The molecule has 2 amide bonds. The van der Waals surface area contributed by atoms with Gasteiger partial charge in [-0.15, -0.1) is 0 Å². The van der Waals surface area contributed by atoms with Crippen molar-refractivity contribution in [2.24, 2.45) is 0 Å². The topological polar surface area (TPSA) is 44.4 Å². The molecule has 0 radical (unpaired) electrons. The molecule has 1 aliphatic carbocycles. The zero-order chi connectivity index (χ0) is 16.8. The van der Waals surface area contributed by atoms with Crippen molar-refractivity contribution in [3.63, 3.8) is 0 Å². The van der Waals surface area contributed by atoms with Crippen molar-refractivity contribution in [2.45, 2.75) is 31.7 Å². The van der Waals surface area contributed by atoms with Crippen molar-refractivity contribution < 1.29 is 9.18 Å². The highest BCUT2D eigenvalue weighted by molar-refractivity contribution is 5.89. The smallest absolute Gasteiger partial charge is 0.319 e. The molecule has 1 saturated heterocycles. The number of urea groups is 1. The van der Waals surface area contributed by atoms with Gasteiger partial charge in [0, 0.05) is 31.4 Å². The molecular weight excluding hydrogens is 305 g/mol. The molecule has 1 heterocycles. The van der Waals surface area contributed by atoms with Gasteiger partial charge in [0.25, 0.3) is 0 Å². The van der Waals surface area contributed by atoms with Crippen LogP contribution in [-0.4, -0.2) is 36.6 Å². The second-order valence-electron chi connectivity index (χ2n) is 6.42. The van der Waals surface area contributed by atoms with Gasteiger partial charge in [0.15, 0.2) is 0 Å². The fourth-order valence-corrected chi connectivity index (χ4v) is 3.20. The minimum atomic E-state index is -0.354. The molecule has 0 atom stereocenters. The van der Waals surface area contributed by atoms with Gasteiger partial charge in [-0.05, 0) is 49.5 Å². The van der Waals surface area contributed by atoms with Crippen LogP contribution in [-0.2, 0) is 0 Å². The summed E-state index contributed by atoms with van der Waals surface area (Å²) in [5.74, 6) is -0.354. The lowest BCUT2D eigenvalue weighted by Gasteiger charge is -2.32. The SMILES string of the molecule is O=C(Nc1cccc(F)c1)NC1CCN(CC2=CCCC=C2)CC1. The van der Waals surface area contributed by atoms with Gasteiger partial charge in [-0.1, -0.05) is 24.3 Å². The van der Waals surface area contributed by atoms with Gasteiger partial charge in [-0.2, -0.15) is 0 Å². The van der Waals surface area contributed by atoms with E-state index in [0.717, 1.165) is 45.3 Å². The average molecular weight is 329 g/mol. The van der Waals surface area contributed by atoms with Crippen LogP contribution in [0.3, 0.4) is 0 Å². The van der Waals surface area contributed by atoms with Crippen LogP contribution in [0.1, 0.15) is 25.7 Å². The maximum Gasteiger partial charge on any atom is 0.319 e. The number of amides is 2. The van der Waals surface area contributed by atoms with Crippen LogP contribution in [0.25, 0.3) is 0 Å². The first-order chi connectivity index (χ1) is 11.7. The summed E-state index contributed by atoms with van der Waals surface area (Å²) in [4.78, 5) is 14.4. The molecule has 1 fully saturated rings. The van der Waals surface area contributed by atoms with E-state index in [-0.39, 0.29) is 17.9 Å². The summed E-state index contributed by atoms with van der Waals surface area (Å²) in [6, 6.07) is 5.83. The molecule has 1 aliphatic heterocycles. The van der Waals surface area contributed by atoms with Crippen LogP contribution in [0.15, 0.2) is 48.1 Å². The maximum absolute atomic E-state index is 13.1. The Balaban J connectivity index is 1.41. The molecule has 4 nitrogen and oxygen atoms in total. The normalized spacial score (nSPS) is 19.0. The largest absolute Gasteiger partial charge is 0.335 e. The molecule has 2 N–H and O–H groups in total. The highest BCUT2D eigenvalue weighted by Gasteiger charge is 2.21. The molecule has 5 heteroatoms. The monoisotopic (exact) mass is 329 g/mol. The predicted octanol–water partition coefficient (Wildman–Crippen LogP) is 3.69. The zero-order valence-electron chi connectivity index (χ0n) is 13.8. The first kappa shape index (κ1) is 16.7. The number of anilines is 1. The van der Waals surface area contributed by atoms with Gasteiger partial charge >= 0.3 is 6.03 Å². The number of carbonyl (C=O) groups excluding carboxylic acids is 1.